The van der Waals surface area contributed by atoms with E-state index in [0.717, 1.165) is 53.6 Å². The van der Waals surface area contributed by atoms with Crippen LogP contribution in [0, 0.1) is 27.7 Å². The van der Waals surface area contributed by atoms with Crippen LogP contribution < -0.4 is 14.3 Å². The third kappa shape index (κ3) is 23.0. The number of thiophene rings is 4. The number of hydrogen-bond acceptors (Lipinski definition) is 9. The first-order chi connectivity index (χ1) is 37.2. The van der Waals surface area contributed by atoms with E-state index in [1.165, 1.54) is 187 Å². The third-order valence-electron chi connectivity index (χ3n) is 15.1. The summed E-state index contributed by atoms with van der Waals surface area (Å²) in [6, 6.07) is 26.0. The second-order valence-corrected chi connectivity index (χ2v) is 27.1. The average Bonchev–Trinajstić information content (AvgIpc) is 4.30. The molecule has 77 heavy (non-hydrogen) atoms. The lowest BCUT2D eigenvalue weighted by Gasteiger charge is -2.32. The molecule has 2 aliphatic rings. The summed E-state index contributed by atoms with van der Waals surface area (Å²) in [6.45, 7) is 25.2. The second-order valence-electron chi connectivity index (χ2n) is 22.1. The first-order valence-corrected chi connectivity index (χ1v) is 33.8. The van der Waals surface area contributed by atoms with Crippen LogP contribution in [0.15, 0.2) is 88.0 Å². The van der Waals surface area contributed by atoms with E-state index in [9.17, 15) is 0 Å². The average molecular weight is 1190 g/mol. The molecule has 6 aromatic rings. The van der Waals surface area contributed by atoms with E-state index in [2.05, 4.69) is 169 Å². The Balaban J connectivity index is 0.000000209. The number of benzene rings is 2. The summed E-state index contributed by atoms with van der Waals surface area (Å²) in [5.41, 5.74) is 5.85. The van der Waals surface area contributed by atoms with E-state index in [4.69, 9.17) is 23.5 Å². The van der Waals surface area contributed by atoms with Crippen molar-refractivity contribution >= 4 is 73.2 Å². The Kier molecular flexibility index (Phi) is 30.3. The quantitative estimate of drug-likeness (QED) is 0.0362. The van der Waals surface area contributed by atoms with Gasteiger partial charge in [-0.15, -0.1) is 45.3 Å². The van der Waals surface area contributed by atoms with Gasteiger partial charge in [0.15, 0.2) is 0 Å². The molecule has 5 nitrogen and oxygen atoms in total. The zero-order valence-electron chi connectivity index (χ0n) is 49.1. The normalized spacial score (nSPS) is 14.4. The number of rotatable bonds is 28. The molecule has 0 radical (unpaired) electrons. The summed E-state index contributed by atoms with van der Waals surface area (Å²) in [4.78, 5) is 6.58. The van der Waals surface area contributed by atoms with Crippen LogP contribution in [0.5, 0.6) is 11.5 Å². The number of aryl methyl sites for hydroxylation is 2. The highest BCUT2D eigenvalue weighted by atomic mass is 79.9. The molecule has 2 aromatic carbocycles. The summed E-state index contributed by atoms with van der Waals surface area (Å²) in [6.07, 6.45) is 29.8. The van der Waals surface area contributed by atoms with Crippen molar-refractivity contribution in [3.63, 3.8) is 0 Å². The number of ether oxygens (including phenoxy) is 3. The Hall–Kier alpha value is -2.74. The molecule has 2 fully saturated rings. The van der Waals surface area contributed by atoms with Crippen LogP contribution in [0.4, 0.5) is 0 Å². The molecular weight excluding hydrogens is 1090 g/mol. The van der Waals surface area contributed by atoms with E-state index in [-0.39, 0.29) is 18.3 Å². The Morgan fingerprint density at radius 1 is 0.494 bits per heavy atom. The van der Waals surface area contributed by atoms with Gasteiger partial charge in [0.1, 0.15) is 11.5 Å². The molecule has 2 saturated heterocycles. The van der Waals surface area contributed by atoms with Gasteiger partial charge in [-0.2, -0.15) is 0 Å². The molecule has 0 amide bonds. The molecule has 6 heterocycles. The standard InChI is InChI=1S/C28H38OS2.C20H33BrO.C14H17BO2S2.C4H8O/c1-4-5-6-7-8-9-10-11-12-13-18-29-25-21-24(20-22(2)23(25)3)26-16-17-28(31-26)27-15-14-19-30-27;1-4-5-6-7-8-9-10-11-12-13-14-22-20-16-19(21)15-17(2)18(20)3;1-13(2)14(3,4)17-15(16-13)12-8-7-11(19-12)10-6-5-9-18-10;1-2-4-5-3-1/h14-17,19-21H,4-13,18H2,1-3H3;15-16H,4-14H2,1-3H3;5-9H,1-4H3;1-4H2. The van der Waals surface area contributed by atoms with Crippen molar-refractivity contribution in [1.29, 1.82) is 0 Å². The maximum Gasteiger partial charge on any atom is 0.505 e. The molecule has 0 spiro atoms. The first-order valence-electron chi connectivity index (χ1n) is 29.6. The van der Waals surface area contributed by atoms with Crippen LogP contribution >= 0.6 is 61.3 Å². The summed E-state index contributed by atoms with van der Waals surface area (Å²) in [5, 5.41) is 4.24. The van der Waals surface area contributed by atoms with Crippen LogP contribution in [0.1, 0.15) is 205 Å². The summed E-state index contributed by atoms with van der Waals surface area (Å²) >= 11 is 10.7. The molecule has 0 bridgehead atoms. The van der Waals surface area contributed by atoms with Crippen LogP contribution in [0.2, 0.25) is 0 Å². The van der Waals surface area contributed by atoms with Crippen molar-refractivity contribution in [2.45, 2.75) is 222 Å². The molecular formula is C66H96BBrO5S4. The lowest BCUT2D eigenvalue weighted by atomic mass is 9.88. The third-order valence-corrected chi connectivity index (χ3v) is 19.9. The molecule has 2 aliphatic heterocycles. The molecule has 8 rings (SSSR count). The fraction of sp³-hybridized carbons (Fsp3) is 0.576. The highest BCUT2D eigenvalue weighted by Gasteiger charge is 2.52. The molecule has 0 saturated carbocycles. The van der Waals surface area contributed by atoms with Crippen molar-refractivity contribution in [2.75, 3.05) is 26.4 Å². The first kappa shape index (κ1) is 65.1. The van der Waals surface area contributed by atoms with Gasteiger partial charge in [-0.1, -0.05) is 170 Å². The lowest BCUT2D eigenvalue weighted by molar-refractivity contribution is 0.00578. The molecule has 0 atom stereocenters. The lowest BCUT2D eigenvalue weighted by Crippen LogP contribution is -2.41. The van der Waals surface area contributed by atoms with Gasteiger partial charge in [-0.05, 0) is 168 Å². The van der Waals surface area contributed by atoms with Crippen molar-refractivity contribution < 1.29 is 23.5 Å². The molecule has 4 aromatic heterocycles. The van der Waals surface area contributed by atoms with Crippen LogP contribution in [0.3, 0.4) is 0 Å². The molecule has 424 valence electrons. The van der Waals surface area contributed by atoms with Crippen molar-refractivity contribution in [3.05, 3.63) is 110 Å². The Bertz CT molecular complexity index is 2460. The van der Waals surface area contributed by atoms with E-state index in [1.807, 2.05) is 11.3 Å². The smallest absolute Gasteiger partial charge is 0.493 e. The van der Waals surface area contributed by atoms with Gasteiger partial charge in [0.2, 0.25) is 0 Å². The minimum Gasteiger partial charge on any atom is -0.493 e. The zero-order valence-corrected chi connectivity index (χ0v) is 53.9. The van der Waals surface area contributed by atoms with Crippen LogP contribution in [-0.4, -0.2) is 44.7 Å². The number of hydrogen-bond donors (Lipinski definition) is 0. The van der Waals surface area contributed by atoms with Gasteiger partial charge in [0.05, 0.1) is 24.4 Å². The topological polar surface area (TPSA) is 46.2 Å². The monoisotopic (exact) mass is 1190 g/mol. The molecule has 0 unspecified atom stereocenters. The highest BCUT2D eigenvalue weighted by Crippen LogP contribution is 2.40. The van der Waals surface area contributed by atoms with E-state index < -0.39 is 0 Å². The largest absolute Gasteiger partial charge is 0.505 e. The summed E-state index contributed by atoms with van der Waals surface area (Å²) in [5.74, 6) is 2.08. The fourth-order valence-electron chi connectivity index (χ4n) is 9.14. The van der Waals surface area contributed by atoms with Crippen LogP contribution in [-0.2, 0) is 14.0 Å². The minimum atomic E-state index is -0.273. The second kappa shape index (κ2) is 35.9. The van der Waals surface area contributed by atoms with Crippen LogP contribution in [0.25, 0.3) is 29.9 Å². The summed E-state index contributed by atoms with van der Waals surface area (Å²) in [7, 11) is -0.247. The van der Waals surface area contributed by atoms with Gasteiger partial charge in [0.25, 0.3) is 0 Å². The van der Waals surface area contributed by atoms with Crippen molar-refractivity contribution in [3.8, 4) is 41.4 Å². The van der Waals surface area contributed by atoms with Gasteiger partial charge in [-0.25, -0.2) is 0 Å². The van der Waals surface area contributed by atoms with Gasteiger partial charge >= 0.3 is 7.12 Å². The molecule has 11 heteroatoms. The fourth-order valence-corrected chi connectivity index (χ4v) is 13.3. The van der Waals surface area contributed by atoms with Crippen molar-refractivity contribution in [2.24, 2.45) is 0 Å². The predicted molar refractivity (Wildman–Crippen MR) is 344 cm³/mol. The summed E-state index contributed by atoms with van der Waals surface area (Å²) < 4.78 is 31.5. The van der Waals surface area contributed by atoms with Gasteiger partial charge < -0.3 is 23.5 Å². The van der Waals surface area contributed by atoms with E-state index in [0.29, 0.717) is 0 Å². The number of unbranched alkanes of at least 4 members (excludes halogenated alkanes) is 18. The van der Waals surface area contributed by atoms with Gasteiger partial charge in [0, 0.05) is 46.8 Å². The zero-order chi connectivity index (χ0) is 55.3. The minimum absolute atomic E-state index is 0.247. The number of halogens is 1. The maximum absolute atomic E-state index is 6.24. The van der Waals surface area contributed by atoms with E-state index in [1.54, 1.807) is 34.0 Å². The van der Waals surface area contributed by atoms with E-state index >= 15 is 0 Å². The molecule has 0 N–H and O–H groups in total. The Morgan fingerprint density at radius 2 is 0.922 bits per heavy atom. The highest BCUT2D eigenvalue weighted by molar-refractivity contribution is 9.10. The SMILES string of the molecule is C1CCOC1.CC1(C)OB(c2ccc(-c3cccs3)s2)OC1(C)C.CCCCCCCCCCCCOc1cc(-c2ccc(-c3cccs3)s2)cc(C)c1C.CCCCCCCCCCCCOc1cc(Br)cc(C)c1C. The maximum atomic E-state index is 6.24. The Morgan fingerprint density at radius 3 is 1.38 bits per heavy atom. The van der Waals surface area contributed by atoms with Gasteiger partial charge in [-0.3, -0.25) is 0 Å². The van der Waals surface area contributed by atoms with Crippen molar-refractivity contribution in [1.82, 2.24) is 0 Å². The Labute approximate surface area is 492 Å². The predicted octanol–water partition coefficient (Wildman–Crippen LogP) is 22.0. The molecule has 0 aliphatic carbocycles.